The van der Waals surface area contributed by atoms with E-state index >= 15 is 0 Å². The van der Waals surface area contributed by atoms with Crippen LogP contribution in [0.25, 0.3) is 0 Å². The average molecular weight is 528 g/mol. The zero-order chi connectivity index (χ0) is 27.3. The minimum atomic E-state index is -0.759. The van der Waals surface area contributed by atoms with Crippen LogP contribution in [0.2, 0.25) is 0 Å². The van der Waals surface area contributed by atoms with Crippen LogP contribution in [-0.2, 0) is 9.53 Å². The highest BCUT2D eigenvalue weighted by atomic mass is 19.1. The summed E-state index contributed by atoms with van der Waals surface area (Å²) >= 11 is 0. The number of nitrogens with one attached hydrogen (secondary N) is 1. The third-order valence-corrected chi connectivity index (χ3v) is 6.50. The van der Waals surface area contributed by atoms with Gasteiger partial charge in [-0.15, -0.1) is 0 Å². The highest BCUT2D eigenvalue weighted by Gasteiger charge is 2.36. The van der Waals surface area contributed by atoms with Crippen LogP contribution in [0.5, 0.6) is 0 Å². The molecular formula is C28H35F2N5O3. The van der Waals surface area contributed by atoms with Gasteiger partial charge >= 0.3 is 6.03 Å². The fourth-order valence-corrected chi connectivity index (χ4v) is 4.56. The Balaban J connectivity index is 1.59. The molecule has 0 unspecified atom stereocenters. The van der Waals surface area contributed by atoms with Gasteiger partial charge in [0.05, 0.1) is 25.0 Å². The van der Waals surface area contributed by atoms with Crippen molar-refractivity contribution in [2.24, 2.45) is 5.10 Å². The smallest absolute Gasteiger partial charge is 0.318 e. The van der Waals surface area contributed by atoms with Gasteiger partial charge in [0.15, 0.2) is 0 Å². The van der Waals surface area contributed by atoms with Crippen molar-refractivity contribution in [3.05, 3.63) is 71.3 Å². The van der Waals surface area contributed by atoms with Gasteiger partial charge in [-0.1, -0.05) is 36.4 Å². The Labute approximate surface area is 222 Å². The van der Waals surface area contributed by atoms with Crippen molar-refractivity contribution in [3.63, 3.8) is 0 Å². The Kier molecular flexibility index (Phi) is 8.73. The summed E-state index contributed by atoms with van der Waals surface area (Å²) < 4.78 is 34.8. The molecule has 204 valence electrons. The molecule has 1 fully saturated rings. The second kappa shape index (κ2) is 12.0. The van der Waals surface area contributed by atoms with Gasteiger partial charge in [0.25, 0.3) is 5.91 Å². The van der Waals surface area contributed by atoms with Gasteiger partial charge in [0, 0.05) is 49.3 Å². The largest absolute Gasteiger partial charge is 0.379 e. The molecular weight excluding hydrogens is 492 g/mol. The number of hydrogen-bond acceptors (Lipinski definition) is 5. The molecule has 0 spiro atoms. The molecule has 1 N–H and O–H groups in total. The molecule has 4 rings (SSSR count). The second-order valence-corrected chi connectivity index (χ2v) is 10.6. The summed E-state index contributed by atoms with van der Waals surface area (Å²) in [5.74, 6) is -1.42. The van der Waals surface area contributed by atoms with E-state index in [1.165, 1.54) is 22.0 Å². The van der Waals surface area contributed by atoms with Gasteiger partial charge in [-0.3, -0.25) is 9.69 Å². The van der Waals surface area contributed by atoms with Crippen LogP contribution in [0.15, 0.2) is 53.6 Å². The molecule has 38 heavy (non-hydrogen) atoms. The molecule has 2 aromatic rings. The summed E-state index contributed by atoms with van der Waals surface area (Å²) in [6.07, 6.45) is 0.148. The quantitative estimate of drug-likeness (QED) is 0.595. The number of nitrogens with zero attached hydrogens (tertiary/aromatic N) is 4. The van der Waals surface area contributed by atoms with Gasteiger partial charge in [0.1, 0.15) is 18.2 Å². The first-order valence-electron chi connectivity index (χ1n) is 12.9. The van der Waals surface area contributed by atoms with Gasteiger partial charge in [-0.25, -0.2) is 18.6 Å². The number of ether oxygens (including phenoxy) is 1. The van der Waals surface area contributed by atoms with Crippen LogP contribution in [0.1, 0.15) is 44.4 Å². The molecule has 1 atom stereocenters. The van der Waals surface area contributed by atoms with E-state index in [1.54, 1.807) is 36.4 Å². The van der Waals surface area contributed by atoms with E-state index in [0.717, 1.165) is 13.1 Å². The Morgan fingerprint density at radius 1 is 1.05 bits per heavy atom. The average Bonchev–Trinajstić information content (AvgIpc) is 3.31. The number of urea groups is 1. The van der Waals surface area contributed by atoms with Gasteiger partial charge in [-0.05, 0) is 32.9 Å². The summed E-state index contributed by atoms with van der Waals surface area (Å²) in [6, 6.07) is 11.2. The Morgan fingerprint density at radius 3 is 2.37 bits per heavy atom. The predicted molar refractivity (Wildman–Crippen MR) is 141 cm³/mol. The molecule has 2 aliphatic heterocycles. The summed E-state index contributed by atoms with van der Waals surface area (Å²) in [7, 11) is 0. The molecule has 0 aromatic heterocycles. The fraction of sp³-hybridized carbons (Fsp3) is 0.464. The third kappa shape index (κ3) is 6.93. The number of carbonyl (C=O) groups is 2. The van der Waals surface area contributed by atoms with Crippen molar-refractivity contribution in [2.45, 2.75) is 38.8 Å². The van der Waals surface area contributed by atoms with Gasteiger partial charge < -0.3 is 15.0 Å². The van der Waals surface area contributed by atoms with E-state index in [2.05, 4.69) is 15.3 Å². The first-order chi connectivity index (χ1) is 18.1. The van der Waals surface area contributed by atoms with E-state index in [0.29, 0.717) is 32.0 Å². The van der Waals surface area contributed by atoms with Gasteiger partial charge in [-0.2, -0.15) is 5.10 Å². The van der Waals surface area contributed by atoms with Crippen molar-refractivity contribution >= 4 is 17.6 Å². The molecule has 2 heterocycles. The van der Waals surface area contributed by atoms with Crippen molar-refractivity contribution in [1.82, 2.24) is 20.1 Å². The number of carbonyl (C=O) groups excluding carboxylic acids is 2. The minimum Gasteiger partial charge on any atom is -0.379 e. The lowest BCUT2D eigenvalue weighted by Gasteiger charge is -2.32. The highest BCUT2D eigenvalue weighted by molar-refractivity contribution is 6.03. The van der Waals surface area contributed by atoms with Crippen molar-refractivity contribution in [1.29, 1.82) is 0 Å². The number of morpholine rings is 1. The lowest BCUT2D eigenvalue weighted by atomic mass is 9.97. The Bertz CT molecular complexity index is 1180. The molecule has 2 aliphatic rings. The van der Waals surface area contributed by atoms with E-state index in [4.69, 9.17) is 4.74 Å². The number of benzene rings is 2. The zero-order valence-electron chi connectivity index (χ0n) is 22.1. The summed E-state index contributed by atoms with van der Waals surface area (Å²) in [6.45, 7) is 8.99. The van der Waals surface area contributed by atoms with E-state index in [9.17, 15) is 18.4 Å². The SMILES string of the molecule is CC(C)(C)NC(=O)N(CCN1CCOCC1)CC(=O)N1N=C(c2ccccc2F)C[C@@H]1c1ccccc1F. The maximum atomic E-state index is 14.8. The summed E-state index contributed by atoms with van der Waals surface area (Å²) in [5, 5.41) is 8.59. The first-order valence-corrected chi connectivity index (χ1v) is 12.9. The third-order valence-electron chi connectivity index (χ3n) is 6.50. The number of hydrogen-bond donors (Lipinski definition) is 1. The van der Waals surface area contributed by atoms with Crippen LogP contribution >= 0.6 is 0 Å². The number of hydrazone groups is 1. The van der Waals surface area contributed by atoms with Crippen molar-refractivity contribution < 1.29 is 23.1 Å². The number of amides is 3. The van der Waals surface area contributed by atoms with E-state index < -0.39 is 29.1 Å². The summed E-state index contributed by atoms with van der Waals surface area (Å²) in [4.78, 5) is 30.5. The van der Waals surface area contributed by atoms with Crippen molar-refractivity contribution in [2.75, 3.05) is 45.9 Å². The monoisotopic (exact) mass is 527 g/mol. The highest BCUT2D eigenvalue weighted by Crippen LogP contribution is 2.34. The number of halogens is 2. The van der Waals surface area contributed by atoms with Crippen LogP contribution in [0.3, 0.4) is 0 Å². The van der Waals surface area contributed by atoms with E-state index in [-0.39, 0.29) is 30.1 Å². The normalized spacial score (nSPS) is 18.3. The van der Waals surface area contributed by atoms with Gasteiger partial charge in [0.2, 0.25) is 0 Å². The topological polar surface area (TPSA) is 77.5 Å². The molecule has 0 aliphatic carbocycles. The lowest BCUT2D eigenvalue weighted by Crippen LogP contribution is -2.53. The van der Waals surface area contributed by atoms with Crippen LogP contribution in [-0.4, -0.2) is 83.9 Å². The molecule has 0 saturated carbocycles. The Hall–Kier alpha value is -3.37. The minimum absolute atomic E-state index is 0.148. The molecule has 2 aromatic carbocycles. The second-order valence-electron chi connectivity index (χ2n) is 10.6. The fourth-order valence-electron chi connectivity index (χ4n) is 4.56. The summed E-state index contributed by atoms with van der Waals surface area (Å²) in [5.41, 5.74) is 0.397. The maximum Gasteiger partial charge on any atom is 0.318 e. The Morgan fingerprint density at radius 2 is 1.71 bits per heavy atom. The van der Waals surface area contributed by atoms with Crippen LogP contribution < -0.4 is 5.32 Å². The van der Waals surface area contributed by atoms with Crippen LogP contribution in [0, 0.1) is 11.6 Å². The maximum absolute atomic E-state index is 14.8. The first kappa shape index (κ1) is 27.7. The lowest BCUT2D eigenvalue weighted by molar-refractivity contribution is -0.133. The van der Waals surface area contributed by atoms with E-state index in [1.807, 2.05) is 20.8 Å². The molecule has 0 bridgehead atoms. The predicted octanol–water partition coefficient (Wildman–Crippen LogP) is 3.78. The molecule has 1 saturated heterocycles. The van der Waals surface area contributed by atoms with Crippen molar-refractivity contribution in [3.8, 4) is 0 Å². The zero-order valence-corrected chi connectivity index (χ0v) is 22.1. The standard InChI is InChI=1S/C28H35F2N5O3/c1-28(2,3)31-27(37)34(13-12-33-14-16-38-17-15-33)19-26(36)35-25(21-9-5-7-11-23(21)30)18-24(32-35)20-8-4-6-10-22(20)29/h4-11,25H,12-19H2,1-3H3,(H,31,37)/t25-/m1/s1. The molecule has 3 amide bonds. The molecule has 0 radical (unpaired) electrons. The van der Waals surface area contributed by atoms with Crippen LogP contribution in [0.4, 0.5) is 13.6 Å². The number of rotatable bonds is 7. The molecule has 8 nitrogen and oxygen atoms in total. The molecule has 10 heteroatoms.